The van der Waals surface area contributed by atoms with Gasteiger partial charge in [-0.25, -0.2) is 0 Å². The maximum atomic E-state index is 10.3. The van der Waals surface area contributed by atoms with Gasteiger partial charge >= 0.3 is 0 Å². The van der Waals surface area contributed by atoms with Crippen molar-refractivity contribution in [3.8, 4) is 5.75 Å². The predicted molar refractivity (Wildman–Crippen MR) is 82.5 cm³/mol. The molecular weight excluding hydrogens is 290 g/mol. The zero-order valence-electron chi connectivity index (χ0n) is 12.0. The second-order valence-corrected chi connectivity index (χ2v) is 6.27. The highest BCUT2D eigenvalue weighted by Gasteiger charge is 2.16. The maximum absolute atomic E-state index is 10.3. The molecule has 0 saturated heterocycles. The summed E-state index contributed by atoms with van der Waals surface area (Å²) in [6.45, 7) is 10.7. The molecule has 0 unspecified atom stereocenters. The molecule has 0 atom stereocenters. The summed E-state index contributed by atoms with van der Waals surface area (Å²) in [4.78, 5) is 0. The predicted octanol–water partition coefficient (Wildman–Crippen LogP) is 4.74. The molecule has 2 N–H and O–H groups in total. The van der Waals surface area contributed by atoms with Gasteiger partial charge < -0.3 is 10.4 Å². The van der Waals surface area contributed by atoms with E-state index in [0.29, 0.717) is 17.7 Å². The molecule has 0 bridgehead atoms. The lowest BCUT2D eigenvalue weighted by Gasteiger charge is -2.19. The molecule has 0 amide bonds. The molecule has 0 saturated carbocycles. The van der Waals surface area contributed by atoms with E-state index in [4.69, 9.17) is 0 Å². The smallest absolute Gasteiger partial charge is 0.135 e. The molecule has 0 aliphatic rings. The Balaban J connectivity index is 3.26. The molecule has 3 heteroatoms. The number of phenolic OH excluding ortho intramolecular Hbond substituents is 1. The van der Waals surface area contributed by atoms with Crippen LogP contribution in [0.15, 0.2) is 10.5 Å². The van der Waals surface area contributed by atoms with Gasteiger partial charge in [0.1, 0.15) is 5.75 Å². The van der Waals surface area contributed by atoms with Crippen molar-refractivity contribution >= 4 is 21.6 Å². The summed E-state index contributed by atoms with van der Waals surface area (Å²) in [7, 11) is 0. The van der Waals surface area contributed by atoms with Gasteiger partial charge in [-0.3, -0.25) is 0 Å². The molecule has 0 radical (unpaired) electrons. The van der Waals surface area contributed by atoms with Crippen LogP contribution in [0.3, 0.4) is 0 Å². The van der Waals surface area contributed by atoms with E-state index in [2.05, 4.69) is 61.9 Å². The number of nitrogens with one attached hydrogen (secondary N) is 1. The lowest BCUT2D eigenvalue weighted by Crippen LogP contribution is -2.11. The Morgan fingerprint density at radius 2 is 1.89 bits per heavy atom. The Morgan fingerprint density at radius 1 is 1.28 bits per heavy atom. The van der Waals surface area contributed by atoms with Crippen molar-refractivity contribution in [3.05, 3.63) is 21.7 Å². The summed E-state index contributed by atoms with van der Waals surface area (Å²) in [6, 6.07) is 2.52. The molecule has 102 valence electrons. The van der Waals surface area contributed by atoms with Gasteiger partial charge in [0.25, 0.3) is 0 Å². The first kappa shape index (κ1) is 15.4. The number of aromatic hydroxyl groups is 1. The van der Waals surface area contributed by atoms with E-state index in [1.807, 2.05) is 0 Å². The summed E-state index contributed by atoms with van der Waals surface area (Å²) in [5, 5.41) is 13.7. The molecule has 0 spiro atoms. The zero-order valence-corrected chi connectivity index (χ0v) is 13.6. The van der Waals surface area contributed by atoms with Crippen molar-refractivity contribution < 1.29 is 5.11 Å². The van der Waals surface area contributed by atoms with E-state index in [-0.39, 0.29) is 0 Å². The Hall–Kier alpha value is -0.700. The highest BCUT2D eigenvalue weighted by molar-refractivity contribution is 9.10. The van der Waals surface area contributed by atoms with E-state index in [9.17, 15) is 5.11 Å². The van der Waals surface area contributed by atoms with E-state index < -0.39 is 0 Å². The molecular formula is C15H24BrNO. The molecule has 1 aromatic rings. The highest BCUT2D eigenvalue weighted by Crippen LogP contribution is 2.38. The van der Waals surface area contributed by atoms with Gasteiger partial charge in [0.15, 0.2) is 0 Å². The number of hydrogen-bond acceptors (Lipinski definition) is 2. The van der Waals surface area contributed by atoms with Crippen LogP contribution in [0, 0.1) is 5.92 Å². The number of anilines is 1. The Kier molecular flexibility index (Phi) is 5.51. The van der Waals surface area contributed by atoms with Crippen molar-refractivity contribution in [3.63, 3.8) is 0 Å². The van der Waals surface area contributed by atoms with Gasteiger partial charge in [-0.1, -0.05) is 20.8 Å². The first-order valence-corrected chi connectivity index (χ1v) is 7.45. The molecule has 1 aromatic carbocycles. The Bertz CT molecular complexity index is 413. The molecule has 0 heterocycles. The second-order valence-electron chi connectivity index (χ2n) is 5.47. The third-order valence-electron chi connectivity index (χ3n) is 2.86. The molecule has 0 fully saturated rings. The van der Waals surface area contributed by atoms with Crippen LogP contribution in [-0.4, -0.2) is 11.1 Å². The first-order valence-electron chi connectivity index (χ1n) is 6.66. The summed E-state index contributed by atoms with van der Waals surface area (Å²) in [5.41, 5.74) is 3.29. The maximum Gasteiger partial charge on any atom is 0.135 e. The van der Waals surface area contributed by atoms with Crippen molar-refractivity contribution in [2.24, 2.45) is 5.92 Å². The lowest BCUT2D eigenvalue weighted by molar-refractivity contribution is 0.463. The van der Waals surface area contributed by atoms with Gasteiger partial charge in [-0.05, 0) is 65.7 Å². The average Bonchev–Trinajstić information content (AvgIpc) is 2.24. The van der Waals surface area contributed by atoms with Crippen LogP contribution in [0.25, 0.3) is 0 Å². The Morgan fingerprint density at radius 3 is 2.33 bits per heavy atom. The van der Waals surface area contributed by atoms with E-state index in [1.54, 1.807) is 0 Å². The first-order chi connectivity index (χ1) is 8.36. The second kappa shape index (κ2) is 6.46. The minimum Gasteiger partial charge on any atom is -0.506 e. The van der Waals surface area contributed by atoms with Crippen LogP contribution >= 0.6 is 15.9 Å². The number of benzene rings is 1. The fraction of sp³-hybridized carbons (Fsp3) is 0.600. The van der Waals surface area contributed by atoms with Crippen molar-refractivity contribution in [2.75, 3.05) is 5.32 Å². The summed E-state index contributed by atoms with van der Waals surface area (Å²) >= 11 is 3.49. The monoisotopic (exact) mass is 313 g/mol. The van der Waals surface area contributed by atoms with Crippen molar-refractivity contribution in [2.45, 2.75) is 53.5 Å². The third kappa shape index (κ3) is 3.64. The number of rotatable bonds is 5. The largest absolute Gasteiger partial charge is 0.506 e. The van der Waals surface area contributed by atoms with E-state index in [0.717, 1.165) is 28.6 Å². The molecule has 18 heavy (non-hydrogen) atoms. The lowest BCUT2D eigenvalue weighted by atomic mass is 9.95. The fourth-order valence-electron chi connectivity index (χ4n) is 2.17. The van der Waals surface area contributed by atoms with Crippen LogP contribution < -0.4 is 5.32 Å². The molecule has 0 aromatic heterocycles. The molecule has 0 aliphatic heterocycles. The molecule has 1 rings (SSSR count). The van der Waals surface area contributed by atoms with Crippen LogP contribution in [0.5, 0.6) is 5.75 Å². The van der Waals surface area contributed by atoms with Gasteiger partial charge in [0, 0.05) is 6.04 Å². The Labute approximate surface area is 119 Å². The standard InChI is InChI=1S/C15H24BrNO/c1-6-12-11(7-9(2)3)8-13(17-10(4)5)14(16)15(12)18/h8-10,17-18H,6-7H2,1-5H3. The van der Waals surface area contributed by atoms with Crippen LogP contribution in [-0.2, 0) is 12.8 Å². The zero-order chi connectivity index (χ0) is 13.9. The average molecular weight is 314 g/mol. The van der Waals surface area contributed by atoms with Crippen LogP contribution in [0.2, 0.25) is 0 Å². The summed E-state index contributed by atoms with van der Waals surface area (Å²) < 4.78 is 0.778. The topological polar surface area (TPSA) is 32.3 Å². The minimum absolute atomic E-state index is 0.347. The van der Waals surface area contributed by atoms with Gasteiger partial charge in [0.05, 0.1) is 10.2 Å². The normalized spacial score (nSPS) is 11.3. The highest BCUT2D eigenvalue weighted by atomic mass is 79.9. The van der Waals surface area contributed by atoms with Crippen molar-refractivity contribution in [1.82, 2.24) is 0 Å². The van der Waals surface area contributed by atoms with Gasteiger partial charge in [-0.15, -0.1) is 0 Å². The van der Waals surface area contributed by atoms with Crippen molar-refractivity contribution in [1.29, 1.82) is 0 Å². The minimum atomic E-state index is 0.347. The van der Waals surface area contributed by atoms with Gasteiger partial charge in [-0.2, -0.15) is 0 Å². The quantitative estimate of drug-likeness (QED) is 0.823. The van der Waals surface area contributed by atoms with E-state index >= 15 is 0 Å². The van der Waals surface area contributed by atoms with Gasteiger partial charge in [0.2, 0.25) is 0 Å². The number of halogens is 1. The van der Waals surface area contributed by atoms with E-state index in [1.165, 1.54) is 5.56 Å². The fourth-order valence-corrected chi connectivity index (χ4v) is 2.64. The molecule has 0 aliphatic carbocycles. The van der Waals surface area contributed by atoms with Crippen LogP contribution in [0.1, 0.15) is 45.7 Å². The number of hydrogen-bond donors (Lipinski definition) is 2. The molecule has 2 nitrogen and oxygen atoms in total. The number of phenols is 1. The van der Waals surface area contributed by atoms with Crippen LogP contribution in [0.4, 0.5) is 5.69 Å². The SMILES string of the molecule is CCc1c(CC(C)C)cc(NC(C)C)c(Br)c1O. The summed E-state index contributed by atoms with van der Waals surface area (Å²) in [6.07, 6.45) is 1.85. The summed E-state index contributed by atoms with van der Waals surface area (Å²) in [5.74, 6) is 0.974. The third-order valence-corrected chi connectivity index (χ3v) is 3.67.